The van der Waals surface area contributed by atoms with E-state index >= 15 is 0 Å². The lowest BCUT2D eigenvalue weighted by Gasteiger charge is -2.35. The first kappa shape index (κ1) is 18.9. The summed E-state index contributed by atoms with van der Waals surface area (Å²) in [6, 6.07) is -2.36. The molecule has 152 valence electrons. The predicted molar refractivity (Wildman–Crippen MR) is 92.6 cm³/mol. The van der Waals surface area contributed by atoms with E-state index in [-0.39, 0.29) is 23.8 Å². The maximum Gasteiger partial charge on any atom is 0.418 e. The number of thiazole rings is 1. The summed E-state index contributed by atoms with van der Waals surface area (Å²) in [5.74, 6) is -1.30. The van der Waals surface area contributed by atoms with Crippen molar-refractivity contribution in [2.75, 3.05) is 12.3 Å². The molecule has 2 saturated heterocycles. The molecule has 2 atom stereocenters. The van der Waals surface area contributed by atoms with Gasteiger partial charge in [-0.1, -0.05) is 0 Å². The number of carbonyl (C=O) groups excluding carboxylic acids is 3. The van der Waals surface area contributed by atoms with E-state index in [1.807, 2.05) is 0 Å². The van der Waals surface area contributed by atoms with Crippen molar-refractivity contribution in [3.8, 4) is 0 Å². The number of fused-ring (bicyclic) bond motifs is 3. The Hall–Kier alpha value is -2.49. The molecule has 1 aliphatic carbocycles. The first-order chi connectivity index (χ1) is 13.1. The van der Waals surface area contributed by atoms with Gasteiger partial charge in [0.1, 0.15) is 11.7 Å². The second-order valence-corrected chi connectivity index (χ2v) is 8.77. The number of nitrogens with one attached hydrogen (secondary N) is 2. The predicted octanol–water partition coefficient (Wildman–Crippen LogP) is -1.12. The van der Waals surface area contributed by atoms with Crippen molar-refractivity contribution in [3.63, 3.8) is 0 Å². The second-order valence-electron chi connectivity index (χ2n) is 6.88. The van der Waals surface area contributed by atoms with Gasteiger partial charge in [-0.05, 0) is 24.7 Å². The van der Waals surface area contributed by atoms with Crippen molar-refractivity contribution in [3.05, 3.63) is 11.1 Å². The van der Waals surface area contributed by atoms with Crippen LogP contribution in [0.2, 0.25) is 0 Å². The third-order valence-electron chi connectivity index (χ3n) is 5.19. The minimum absolute atomic E-state index is 0.0372. The molecule has 3 fully saturated rings. The minimum atomic E-state index is -4.88. The fraction of sp³-hybridized carbons (Fsp3) is 0.538. The number of urea groups is 1. The molecule has 5 N–H and O–H groups in total. The Bertz CT molecular complexity index is 958. The Labute approximate surface area is 162 Å². The molecular formula is C13H16N6O7S2. The molecule has 4 rings (SSSR count). The number of amides is 4. The largest absolute Gasteiger partial charge is 0.418 e. The molecule has 3 aliphatic rings. The fourth-order valence-electron chi connectivity index (χ4n) is 3.71. The number of anilines is 1. The van der Waals surface area contributed by atoms with Crippen molar-refractivity contribution < 1.29 is 31.6 Å². The third-order valence-corrected chi connectivity index (χ3v) is 6.22. The van der Waals surface area contributed by atoms with Crippen molar-refractivity contribution >= 4 is 44.7 Å². The summed E-state index contributed by atoms with van der Waals surface area (Å²) < 4.78 is 35.5. The standard InChI is InChI=1S/C13H16N6O7S2/c14-11-15-6(5-27-11)9(20)16-17-10(21)7-3-13(1-2-13)8-4-18(7)12(22)19(8)26-28(23,24)25/h5,7-8H,1-4H2,(H2,14,15)(H,16,20)(H,17,21)(H,23,24,25)/t7-,8-/m0/s1. The highest BCUT2D eigenvalue weighted by Crippen LogP contribution is 2.59. The first-order valence-electron chi connectivity index (χ1n) is 8.18. The number of hydrazine groups is 1. The molecule has 1 aromatic rings. The van der Waals surface area contributed by atoms with Gasteiger partial charge in [0.15, 0.2) is 5.13 Å². The van der Waals surface area contributed by atoms with E-state index in [1.165, 1.54) is 5.38 Å². The summed E-state index contributed by atoms with van der Waals surface area (Å²) in [4.78, 5) is 42.0. The molecule has 15 heteroatoms. The molecule has 1 saturated carbocycles. The zero-order valence-corrected chi connectivity index (χ0v) is 15.8. The van der Waals surface area contributed by atoms with Gasteiger partial charge in [0, 0.05) is 11.9 Å². The molecule has 2 aliphatic heterocycles. The van der Waals surface area contributed by atoms with Crippen LogP contribution in [0.5, 0.6) is 0 Å². The van der Waals surface area contributed by atoms with Crippen LogP contribution in [-0.4, -0.2) is 64.4 Å². The summed E-state index contributed by atoms with van der Waals surface area (Å²) in [6.07, 6.45) is 1.64. The van der Waals surface area contributed by atoms with Crippen LogP contribution in [0, 0.1) is 5.41 Å². The SMILES string of the molecule is Nc1nc(C(=O)NNC(=O)[C@@H]2CC3(CC3)[C@@H]3CN2C(=O)N3OS(=O)(=O)O)cs1. The monoisotopic (exact) mass is 432 g/mol. The van der Waals surface area contributed by atoms with E-state index in [9.17, 15) is 22.8 Å². The Kier molecular flexibility index (Phi) is 4.22. The zero-order chi connectivity index (χ0) is 20.3. The molecule has 4 amide bonds. The number of nitrogens with two attached hydrogens (primary N) is 1. The van der Waals surface area contributed by atoms with E-state index in [0.717, 1.165) is 16.2 Å². The highest BCUT2D eigenvalue weighted by Gasteiger charge is 2.65. The van der Waals surface area contributed by atoms with Crippen LogP contribution < -0.4 is 16.6 Å². The topological polar surface area (TPSA) is 184 Å². The minimum Gasteiger partial charge on any atom is -0.375 e. The molecule has 2 bridgehead atoms. The molecule has 1 aromatic heterocycles. The Balaban J connectivity index is 1.46. The Morgan fingerprint density at radius 3 is 2.68 bits per heavy atom. The number of carbonyl (C=O) groups is 3. The van der Waals surface area contributed by atoms with Crippen LogP contribution in [0.4, 0.5) is 9.93 Å². The highest BCUT2D eigenvalue weighted by molar-refractivity contribution is 7.80. The molecule has 3 heterocycles. The van der Waals surface area contributed by atoms with Crippen molar-refractivity contribution in [2.24, 2.45) is 5.41 Å². The third kappa shape index (κ3) is 3.25. The van der Waals surface area contributed by atoms with Crippen LogP contribution in [0.1, 0.15) is 29.8 Å². The van der Waals surface area contributed by atoms with Crippen molar-refractivity contribution in [1.29, 1.82) is 0 Å². The number of rotatable bonds is 4. The van der Waals surface area contributed by atoms with Gasteiger partial charge in [-0.3, -0.25) is 25.0 Å². The van der Waals surface area contributed by atoms with Crippen LogP contribution in [0.15, 0.2) is 5.38 Å². The Morgan fingerprint density at radius 2 is 2.11 bits per heavy atom. The molecule has 1 spiro atoms. The summed E-state index contributed by atoms with van der Waals surface area (Å²) in [7, 11) is -4.88. The average Bonchev–Trinajstić information content (AvgIpc) is 3.15. The normalized spacial score (nSPS) is 25.1. The maximum absolute atomic E-state index is 12.6. The summed E-state index contributed by atoms with van der Waals surface area (Å²) in [5, 5.41) is 2.24. The number of hydroxylamine groups is 2. The molecule has 0 radical (unpaired) electrons. The van der Waals surface area contributed by atoms with Gasteiger partial charge in [-0.25, -0.2) is 9.78 Å². The quantitative estimate of drug-likeness (QED) is 0.338. The Morgan fingerprint density at radius 1 is 1.39 bits per heavy atom. The highest BCUT2D eigenvalue weighted by atomic mass is 32.3. The maximum atomic E-state index is 12.6. The van der Waals surface area contributed by atoms with E-state index in [0.29, 0.717) is 17.9 Å². The number of hydrogen-bond donors (Lipinski definition) is 4. The lowest BCUT2D eigenvalue weighted by atomic mass is 9.85. The zero-order valence-electron chi connectivity index (χ0n) is 14.2. The summed E-state index contributed by atoms with van der Waals surface area (Å²) in [5.41, 5.74) is 9.49. The number of nitrogen functional groups attached to an aromatic ring is 1. The van der Waals surface area contributed by atoms with Gasteiger partial charge in [-0.15, -0.1) is 15.6 Å². The summed E-state index contributed by atoms with van der Waals surface area (Å²) in [6.45, 7) is 0.0724. The van der Waals surface area contributed by atoms with Crippen LogP contribution in [-0.2, 0) is 19.5 Å². The lowest BCUT2D eigenvalue weighted by Crippen LogP contribution is -2.56. The summed E-state index contributed by atoms with van der Waals surface area (Å²) >= 11 is 1.07. The van der Waals surface area contributed by atoms with Gasteiger partial charge >= 0.3 is 16.4 Å². The average molecular weight is 432 g/mol. The van der Waals surface area contributed by atoms with Gasteiger partial charge in [0.05, 0.1) is 6.04 Å². The first-order valence-corrected chi connectivity index (χ1v) is 10.4. The van der Waals surface area contributed by atoms with Crippen molar-refractivity contribution in [1.82, 2.24) is 25.8 Å². The molecule has 13 nitrogen and oxygen atoms in total. The van der Waals surface area contributed by atoms with Crippen LogP contribution in [0.25, 0.3) is 0 Å². The van der Waals surface area contributed by atoms with E-state index < -0.39 is 45.7 Å². The van der Waals surface area contributed by atoms with Gasteiger partial charge < -0.3 is 10.6 Å². The van der Waals surface area contributed by atoms with Gasteiger partial charge in [-0.2, -0.15) is 13.5 Å². The second kappa shape index (κ2) is 6.26. The van der Waals surface area contributed by atoms with E-state index in [2.05, 4.69) is 20.1 Å². The van der Waals surface area contributed by atoms with E-state index in [4.69, 9.17) is 10.3 Å². The fourth-order valence-corrected chi connectivity index (χ4v) is 4.62. The van der Waals surface area contributed by atoms with Gasteiger partial charge in [0.25, 0.3) is 11.8 Å². The number of hydrogen-bond acceptors (Lipinski definition) is 9. The lowest BCUT2D eigenvalue weighted by molar-refractivity contribution is -0.128. The number of nitrogens with zero attached hydrogens (tertiary/aromatic N) is 3. The molecular weight excluding hydrogens is 416 g/mol. The van der Waals surface area contributed by atoms with Crippen molar-refractivity contribution in [2.45, 2.75) is 31.3 Å². The van der Waals surface area contributed by atoms with Crippen LogP contribution >= 0.6 is 11.3 Å². The van der Waals surface area contributed by atoms with E-state index in [1.54, 1.807) is 0 Å². The van der Waals surface area contributed by atoms with Crippen LogP contribution in [0.3, 0.4) is 0 Å². The molecule has 0 unspecified atom stereocenters. The number of piperidine rings is 1. The van der Waals surface area contributed by atoms with Gasteiger partial charge in [0.2, 0.25) is 0 Å². The number of aromatic nitrogens is 1. The molecule has 0 aromatic carbocycles. The molecule has 28 heavy (non-hydrogen) atoms. The smallest absolute Gasteiger partial charge is 0.375 e.